The van der Waals surface area contributed by atoms with E-state index in [1.54, 1.807) is 17.2 Å². The Morgan fingerprint density at radius 2 is 2.12 bits per heavy atom. The second kappa shape index (κ2) is 8.41. The van der Waals surface area contributed by atoms with Gasteiger partial charge in [0.05, 0.1) is 25.4 Å². The van der Waals surface area contributed by atoms with Gasteiger partial charge in [0.25, 0.3) is 5.91 Å². The average Bonchev–Trinajstić information content (AvgIpc) is 3.32. The SMILES string of the molecule is COc1ccc(C(=O)N2CCCC3(C2)Nc2cccnc2NC3=NC2CCCC2)cc1F. The van der Waals surface area contributed by atoms with Crippen LogP contribution in [0.1, 0.15) is 48.9 Å². The third-order valence-corrected chi connectivity index (χ3v) is 6.69. The molecule has 1 aromatic carbocycles. The van der Waals surface area contributed by atoms with E-state index >= 15 is 0 Å². The number of methoxy groups -OCH3 is 1. The Balaban J connectivity index is 1.46. The van der Waals surface area contributed by atoms with Gasteiger partial charge in [-0.3, -0.25) is 9.79 Å². The van der Waals surface area contributed by atoms with Crippen LogP contribution in [0.15, 0.2) is 41.5 Å². The van der Waals surface area contributed by atoms with Crippen molar-refractivity contribution in [3.05, 3.63) is 47.9 Å². The normalized spacial score (nSPS) is 24.2. The minimum absolute atomic E-state index is 0.130. The number of benzene rings is 1. The van der Waals surface area contributed by atoms with E-state index in [0.29, 0.717) is 24.7 Å². The summed E-state index contributed by atoms with van der Waals surface area (Å²) in [5.74, 6) is 1.02. The maximum absolute atomic E-state index is 14.2. The molecule has 0 bridgehead atoms. The van der Waals surface area contributed by atoms with E-state index in [1.807, 2.05) is 12.1 Å². The molecule has 1 atom stereocenters. The highest BCUT2D eigenvalue weighted by molar-refractivity contribution is 6.09. The van der Waals surface area contributed by atoms with Crippen molar-refractivity contribution >= 4 is 23.2 Å². The first-order chi connectivity index (χ1) is 15.6. The van der Waals surface area contributed by atoms with Gasteiger partial charge in [0, 0.05) is 18.3 Å². The van der Waals surface area contributed by atoms with Gasteiger partial charge in [-0.15, -0.1) is 0 Å². The second-order valence-electron chi connectivity index (χ2n) is 8.83. The molecule has 7 nitrogen and oxygen atoms in total. The molecule has 1 aromatic heterocycles. The van der Waals surface area contributed by atoms with Gasteiger partial charge in [-0.1, -0.05) is 12.8 Å². The third kappa shape index (κ3) is 3.78. The van der Waals surface area contributed by atoms with Crippen molar-refractivity contribution in [2.45, 2.75) is 50.1 Å². The molecule has 8 heteroatoms. The third-order valence-electron chi connectivity index (χ3n) is 6.69. The summed E-state index contributed by atoms with van der Waals surface area (Å²) in [6.07, 6.45) is 8.00. The molecule has 1 spiro atoms. The highest BCUT2D eigenvalue weighted by Crippen LogP contribution is 2.36. The number of nitrogens with one attached hydrogen (secondary N) is 2. The molecule has 3 aliphatic rings. The lowest BCUT2D eigenvalue weighted by atomic mass is 9.85. The molecule has 1 unspecified atom stereocenters. The van der Waals surface area contributed by atoms with Crippen molar-refractivity contribution in [2.75, 3.05) is 30.8 Å². The quantitative estimate of drug-likeness (QED) is 0.756. The fourth-order valence-corrected chi connectivity index (χ4v) is 5.03. The zero-order valence-electron chi connectivity index (χ0n) is 18.2. The Morgan fingerprint density at radius 3 is 2.91 bits per heavy atom. The molecular formula is C24H28FN5O2. The van der Waals surface area contributed by atoms with Gasteiger partial charge in [-0.25, -0.2) is 9.37 Å². The van der Waals surface area contributed by atoms with Gasteiger partial charge >= 0.3 is 0 Å². The van der Waals surface area contributed by atoms with Crippen molar-refractivity contribution in [1.29, 1.82) is 0 Å². The number of piperidine rings is 1. The highest BCUT2D eigenvalue weighted by atomic mass is 19.1. The van der Waals surface area contributed by atoms with Crippen LogP contribution in [-0.2, 0) is 0 Å². The molecule has 2 aromatic rings. The van der Waals surface area contributed by atoms with Crippen LogP contribution in [0, 0.1) is 5.82 Å². The number of hydrogen-bond acceptors (Lipinski definition) is 5. The Hall–Kier alpha value is -3.16. The predicted octanol–water partition coefficient (Wildman–Crippen LogP) is 4.08. The number of ether oxygens (including phenoxy) is 1. The number of anilines is 2. The van der Waals surface area contributed by atoms with Crippen LogP contribution in [0.3, 0.4) is 0 Å². The number of pyridine rings is 1. The number of aromatic nitrogens is 1. The topological polar surface area (TPSA) is 78.8 Å². The summed E-state index contributed by atoms with van der Waals surface area (Å²) in [6.45, 7) is 1.07. The van der Waals surface area contributed by atoms with E-state index in [0.717, 1.165) is 43.0 Å². The number of halogens is 1. The van der Waals surface area contributed by atoms with Gasteiger partial charge in [-0.05, 0) is 56.0 Å². The molecule has 0 radical (unpaired) electrons. The minimum atomic E-state index is -0.536. The summed E-state index contributed by atoms with van der Waals surface area (Å²) in [7, 11) is 1.41. The summed E-state index contributed by atoms with van der Waals surface area (Å²) in [6, 6.07) is 8.54. The maximum atomic E-state index is 14.2. The number of nitrogens with zero attached hydrogens (tertiary/aromatic N) is 3. The zero-order chi connectivity index (χ0) is 22.1. The van der Waals surface area contributed by atoms with Gasteiger partial charge in [0.15, 0.2) is 17.4 Å². The number of likely N-dealkylation sites (tertiary alicyclic amines) is 1. The fraction of sp³-hybridized carbons (Fsp3) is 0.458. The number of aliphatic imine (C=N–C) groups is 1. The van der Waals surface area contributed by atoms with Crippen LogP contribution >= 0.6 is 0 Å². The molecule has 2 aliphatic heterocycles. The minimum Gasteiger partial charge on any atom is -0.494 e. The van der Waals surface area contributed by atoms with Gasteiger partial charge < -0.3 is 20.3 Å². The molecule has 1 saturated heterocycles. The molecule has 168 valence electrons. The molecule has 1 saturated carbocycles. The van der Waals surface area contributed by atoms with E-state index in [9.17, 15) is 9.18 Å². The van der Waals surface area contributed by atoms with E-state index in [2.05, 4.69) is 15.6 Å². The zero-order valence-corrected chi connectivity index (χ0v) is 18.2. The van der Waals surface area contributed by atoms with E-state index in [-0.39, 0.29) is 11.7 Å². The summed E-state index contributed by atoms with van der Waals surface area (Å²) < 4.78 is 19.2. The Morgan fingerprint density at radius 1 is 1.28 bits per heavy atom. The lowest BCUT2D eigenvalue weighted by Crippen LogP contribution is -2.62. The standard InChI is InChI=1S/C24H28FN5O2/c1-32-20-10-9-16(14-18(20)25)22(31)30-13-5-11-24(15-30)23(27-17-6-2-3-7-17)28-21-19(29-24)8-4-12-26-21/h4,8-10,12,14,17,29H,2-3,5-7,11,13,15H2,1H3,(H,26,27,28). The average molecular weight is 438 g/mol. The number of carbonyl (C=O) groups excluding carboxylic acids is 1. The van der Waals surface area contributed by atoms with Gasteiger partial charge in [0.1, 0.15) is 11.4 Å². The first-order valence-corrected chi connectivity index (χ1v) is 11.3. The molecule has 1 amide bonds. The number of amides is 1. The molecular weight excluding hydrogens is 409 g/mol. The van der Waals surface area contributed by atoms with E-state index in [1.165, 1.54) is 32.1 Å². The van der Waals surface area contributed by atoms with E-state index < -0.39 is 11.4 Å². The lowest BCUT2D eigenvalue weighted by Gasteiger charge is -2.47. The van der Waals surface area contributed by atoms with Crippen molar-refractivity contribution in [1.82, 2.24) is 9.88 Å². The molecule has 5 rings (SSSR count). The number of carbonyl (C=O) groups is 1. The highest BCUT2D eigenvalue weighted by Gasteiger charge is 2.45. The maximum Gasteiger partial charge on any atom is 0.254 e. The Kier molecular flexibility index (Phi) is 5.45. The van der Waals surface area contributed by atoms with Gasteiger partial charge in [0.2, 0.25) is 0 Å². The molecule has 2 fully saturated rings. The monoisotopic (exact) mass is 437 g/mol. The summed E-state index contributed by atoms with van der Waals surface area (Å²) in [5.41, 5.74) is 0.709. The number of hydrogen-bond donors (Lipinski definition) is 2. The smallest absolute Gasteiger partial charge is 0.254 e. The summed E-state index contributed by atoms with van der Waals surface area (Å²) >= 11 is 0. The second-order valence-corrected chi connectivity index (χ2v) is 8.83. The number of amidine groups is 1. The van der Waals surface area contributed by atoms with Crippen molar-refractivity contribution in [3.63, 3.8) is 0 Å². The summed E-state index contributed by atoms with van der Waals surface area (Å²) in [4.78, 5) is 24.7. The first-order valence-electron chi connectivity index (χ1n) is 11.3. The van der Waals surface area contributed by atoms with Crippen LogP contribution < -0.4 is 15.4 Å². The van der Waals surface area contributed by atoms with Crippen LogP contribution in [-0.4, -0.2) is 53.4 Å². The molecule has 3 heterocycles. The molecule has 2 N–H and O–H groups in total. The van der Waals surface area contributed by atoms with Crippen molar-refractivity contribution in [2.24, 2.45) is 4.99 Å². The van der Waals surface area contributed by atoms with E-state index in [4.69, 9.17) is 9.73 Å². The molecule has 1 aliphatic carbocycles. The lowest BCUT2D eigenvalue weighted by molar-refractivity contribution is 0.0693. The van der Waals surface area contributed by atoms with Crippen LogP contribution in [0.5, 0.6) is 5.75 Å². The molecule has 32 heavy (non-hydrogen) atoms. The number of fused-ring (bicyclic) bond motifs is 1. The van der Waals surface area contributed by atoms with Crippen LogP contribution in [0.4, 0.5) is 15.9 Å². The summed E-state index contributed by atoms with van der Waals surface area (Å²) in [5, 5.41) is 7.13. The Bertz CT molecular complexity index is 1050. The largest absolute Gasteiger partial charge is 0.494 e. The fourth-order valence-electron chi connectivity index (χ4n) is 5.03. The first kappa shape index (κ1) is 20.7. The number of rotatable bonds is 3. The Labute approximate surface area is 187 Å². The van der Waals surface area contributed by atoms with Crippen molar-refractivity contribution < 1.29 is 13.9 Å². The predicted molar refractivity (Wildman–Crippen MR) is 122 cm³/mol. The van der Waals surface area contributed by atoms with Crippen LogP contribution in [0.2, 0.25) is 0 Å². The van der Waals surface area contributed by atoms with Crippen molar-refractivity contribution in [3.8, 4) is 5.75 Å². The van der Waals surface area contributed by atoms with Crippen LogP contribution in [0.25, 0.3) is 0 Å². The van der Waals surface area contributed by atoms with Gasteiger partial charge in [-0.2, -0.15) is 0 Å².